The number of hydrogen-bond donors (Lipinski definition) is 2. The van der Waals surface area contributed by atoms with Crippen LogP contribution in [0.3, 0.4) is 0 Å². The second-order valence-corrected chi connectivity index (χ2v) is 6.27. The molecule has 0 aliphatic heterocycles. The monoisotopic (exact) mass is 283 g/mol. The molecule has 0 atom stereocenters. The second-order valence-electron chi connectivity index (χ2n) is 6.27. The lowest BCUT2D eigenvalue weighted by molar-refractivity contribution is 0.0642. The molecule has 0 radical (unpaired) electrons. The maximum Gasteiger partial charge on any atom is 0.274 e. The van der Waals surface area contributed by atoms with Crippen LogP contribution in [0.5, 0.6) is 0 Å². The molecular formula is C14H25N3O3. The molecule has 0 aliphatic carbocycles. The van der Waals surface area contributed by atoms with Crippen LogP contribution < -0.4 is 5.32 Å². The number of nitrogens with one attached hydrogen (secondary N) is 1. The third-order valence-electron chi connectivity index (χ3n) is 4.45. The van der Waals surface area contributed by atoms with Crippen molar-refractivity contribution in [1.29, 1.82) is 0 Å². The number of aliphatic hydroxyl groups is 1. The summed E-state index contributed by atoms with van der Waals surface area (Å²) in [5.74, 6) is 0.0192. The van der Waals surface area contributed by atoms with Crippen molar-refractivity contribution in [3.05, 3.63) is 17.0 Å². The summed E-state index contributed by atoms with van der Waals surface area (Å²) in [6, 6.07) is 0. The highest BCUT2D eigenvalue weighted by molar-refractivity contribution is 5.94. The van der Waals surface area contributed by atoms with E-state index in [0.717, 1.165) is 0 Å². The Morgan fingerprint density at radius 3 is 2.30 bits per heavy atom. The van der Waals surface area contributed by atoms with E-state index in [1.807, 2.05) is 27.9 Å². The van der Waals surface area contributed by atoms with Gasteiger partial charge in [0, 0.05) is 11.1 Å². The Labute approximate surface area is 120 Å². The molecule has 1 amide bonds. The first-order chi connectivity index (χ1) is 9.04. The van der Waals surface area contributed by atoms with Gasteiger partial charge in [0.1, 0.15) is 6.61 Å². The molecule has 0 aliphatic rings. The minimum atomic E-state index is -0.474. The maximum absolute atomic E-state index is 12.3. The van der Waals surface area contributed by atoms with Gasteiger partial charge in [-0.05, 0) is 48.7 Å². The molecule has 0 saturated carbocycles. The number of carbonyl (C=O) groups is 1. The summed E-state index contributed by atoms with van der Waals surface area (Å²) in [5, 5.41) is 15.8. The molecule has 1 rings (SSSR count). The molecule has 0 bridgehead atoms. The van der Waals surface area contributed by atoms with Crippen LogP contribution in [0.1, 0.15) is 49.5 Å². The van der Waals surface area contributed by atoms with Crippen LogP contribution in [-0.2, 0) is 6.61 Å². The van der Waals surface area contributed by atoms with Crippen LogP contribution in [0, 0.1) is 6.92 Å². The SMILES string of the molecule is Cc1c(C(=O)NC(C)(C)C(C)(C)N(C)C)noc1CO. The second kappa shape index (κ2) is 5.54. The largest absolute Gasteiger partial charge is 0.388 e. The minimum absolute atomic E-state index is 0.219. The summed E-state index contributed by atoms with van der Waals surface area (Å²) < 4.78 is 4.94. The van der Waals surface area contributed by atoms with Crippen molar-refractivity contribution in [2.75, 3.05) is 14.1 Å². The molecule has 6 nitrogen and oxygen atoms in total. The van der Waals surface area contributed by atoms with Gasteiger partial charge >= 0.3 is 0 Å². The molecule has 1 aromatic rings. The zero-order valence-electron chi connectivity index (χ0n) is 13.4. The van der Waals surface area contributed by atoms with Crippen molar-refractivity contribution >= 4 is 5.91 Å². The van der Waals surface area contributed by atoms with E-state index in [9.17, 15) is 4.79 Å². The number of carbonyl (C=O) groups excluding carboxylic acids is 1. The number of hydrogen-bond acceptors (Lipinski definition) is 5. The summed E-state index contributed by atoms with van der Waals surface area (Å²) in [6.07, 6.45) is 0. The summed E-state index contributed by atoms with van der Waals surface area (Å²) in [5.41, 5.74) is 0.0680. The van der Waals surface area contributed by atoms with E-state index in [2.05, 4.69) is 29.2 Å². The Kier molecular flexibility index (Phi) is 4.61. The van der Waals surface area contributed by atoms with Gasteiger partial charge in [-0.1, -0.05) is 5.16 Å². The van der Waals surface area contributed by atoms with Crippen LogP contribution >= 0.6 is 0 Å². The molecule has 20 heavy (non-hydrogen) atoms. The van der Waals surface area contributed by atoms with Crippen molar-refractivity contribution in [3.8, 4) is 0 Å². The first-order valence-corrected chi connectivity index (χ1v) is 6.60. The van der Waals surface area contributed by atoms with Gasteiger partial charge < -0.3 is 19.8 Å². The van der Waals surface area contributed by atoms with Gasteiger partial charge in [0.25, 0.3) is 5.91 Å². The van der Waals surface area contributed by atoms with Gasteiger partial charge in [-0.25, -0.2) is 0 Å². The molecule has 114 valence electrons. The highest BCUT2D eigenvalue weighted by Crippen LogP contribution is 2.26. The third-order valence-corrected chi connectivity index (χ3v) is 4.45. The summed E-state index contributed by atoms with van der Waals surface area (Å²) in [6.45, 7) is 9.49. The topological polar surface area (TPSA) is 78.6 Å². The lowest BCUT2D eigenvalue weighted by Gasteiger charge is -2.46. The van der Waals surface area contributed by atoms with E-state index in [1.165, 1.54) is 0 Å². The molecule has 6 heteroatoms. The fraction of sp³-hybridized carbons (Fsp3) is 0.714. The van der Waals surface area contributed by atoms with Gasteiger partial charge in [-0.3, -0.25) is 4.79 Å². The van der Waals surface area contributed by atoms with Crippen molar-refractivity contribution in [2.24, 2.45) is 0 Å². The highest BCUT2D eigenvalue weighted by atomic mass is 16.5. The molecule has 2 N–H and O–H groups in total. The molecule has 0 aromatic carbocycles. The molecule has 1 aromatic heterocycles. The van der Waals surface area contributed by atoms with E-state index in [4.69, 9.17) is 9.63 Å². The maximum atomic E-state index is 12.3. The highest BCUT2D eigenvalue weighted by Gasteiger charge is 2.40. The standard InChI is InChI=1S/C14H25N3O3/c1-9-10(8-18)20-16-11(9)12(19)15-13(2,3)14(4,5)17(6)7/h18H,8H2,1-7H3,(H,15,19). The summed E-state index contributed by atoms with van der Waals surface area (Å²) in [7, 11) is 3.94. The number of rotatable bonds is 5. The predicted molar refractivity (Wildman–Crippen MR) is 76.5 cm³/mol. The summed E-state index contributed by atoms with van der Waals surface area (Å²) >= 11 is 0. The zero-order valence-corrected chi connectivity index (χ0v) is 13.4. The molecule has 0 unspecified atom stereocenters. The molecule has 0 spiro atoms. The van der Waals surface area contributed by atoms with Crippen molar-refractivity contribution < 1.29 is 14.4 Å². The Hall–Kier alpha value is -1.40. The van der Waals surface area contributed by atoms with E-state index < -0.39 is 5.54 Å². The van der Waals surface area contributed by atoms with E-state index in [1.54, 1.807) is 6.92 Å². The lowest BCUT2D eigenvalue weighted by Crippen LogP contribution is -2.63. The fourth-order valence-corrected chi connectivity index (χ4v) is 1.78. The Morgan fingerprint density at radius 1 is 1.35 bits per heavy atom. The van der Waals surface area contributed by atoms with Gasteiger partial charge in [-0.15, -0.1) is 0 Å². The third kappa shape index (κ3) is 2.86. The molecule has 0 saturated heterocycles. The van der Waals surface area contributed by atoms with Crippen LogP contribution in [0.25, 0.3) is 0 Å². The number of likely N-dealkylation sites (N-methyl/N-ethyl adjacent to an activating group) is 1. The zero-order chi connectivity index (χ0) is 15.7. The first kappa shape index (κ1) is 16.7. The number of nitrogens with zero attached hydrogens (tertiary/aromatic N) is 2. The van der Waals surface area contributed by atoms with Gasteiger partial charge in [-0.2, -0.15) is 0 Å². The lowest BCUT2D eigenvalue weighted by atomic mass is 9.81. The Morgan fingerprint density at radius 2 is 1.90 bits per heavy atom. The number of aromatic nitrogens is 1. The van der Waals surface area contributed by atoms with Crippen molar-refractivity contribution in [1.82, 2.24) is 15.4 Å². The van der Waals surface area contributed by atoms with Crippen LogP contribution in [0.15, 0.2) is 4.52 Å². The molecule has 1 heterocycles. The van der Waals surface area contributed by atoms with Crippen LogP contribution in [-0.4, -0.2) is 46.2 Å². The van der Waals surface area contributed by atoms with Gasteiger partial charge in [0.15, 0.2) is 11.5 Å². The summed E-state index contributed by atoms with van der Waals surface area (Å²) in [4.78, 5) is 14.4. The van der Waals surface area contributed by atoms with E-state index >= 15 is 0 Å². The van der Waals surface area contributed by atoms with Crippen molar-refractivity contribution in [3.63, 3.8) is 0 Å². The Balaban J connectivity index is 2.97. The normalized spacial score (nSPS) is 12.8. The molecule has 0 fully saturated rings. The van der Waals surface area contributed by atoms with Gasteiger partial charge in [0.05, 0.1) is 5.54 Å². The fourth-order valence-electron chi connectivity index (χ4n) is 1.78. The smallest absolute Gasteiger partial charge is 0.274 e. The van der Waals surface area contributed by atoms with Crippen LogP contribution in [0.4, 0.5) is 0 Å². The Bertz CT molecular complexity index is 490. The average molecular weight is 283 g/mol. The van der Waals surface area contributed by atoms with E-state index in [-0.39, 0.29) is 23.7 Å². The quantitative estimate of drug-likeness (QED) is 0.852. The van der Waals surface area contributed by atoms with Crippen molar-refractivity contribution in [2.45, 2.75) is 52.3 Å². The average Bonchev–Trinajstić information content (AvgIpc) is 2.69. The minimum Gasteiger partial charge on any atom is -0.388 e. The predicted octanol–water partition coefficient (Wildman–Crippen LogP) is 1.32. The van der Waals surface area contributed by atoms with E-state index in [0.29, 0.717) is 11.3 Å². The van der Waals surface area contributed by atoms with Gasteiger partial charge in [0.2, 0.25) is 0 Å². The number of aliphatic hydroxyl groups excluding tert-OH is 1. The molecular weight excluding hydrogens is 258 g/mol. The number of amides is 1. The first-order valence-electron chi connectivity index (χ1n) is 6.60. The van der Waals surface area contributed by atoms with Crippen LogP contribution in [0.2, 0.25) is 0 Å².